The first kappa shape index (κ1) is 10.5. The van der Waals surface area contributed by atoms with Gasteiger partial charge in [0, 0.05) is 4.92 Å². The summed E-state index contributed by atoms with van der Waals surface area (Å²) in [6.07, 6.45) is 0. The van der Waals surface area contributed by atoms with Gasteiger partial charge in [-0.25, -0.2) is 0 Å². The second kappa shape index (κ2) is 5.20. The quantitative estimate of drug-likeness (QED) is 0.323. The Labute approximate surface area is 62.7 Å². The molecule has 0 aromatic rings. The molecule has 0 aromatic heterocycles. The van der Waals surface area contributed by atoms with Gasteiger partial charge in [-0.1, -0.05) is 0 Å². The molecule has 0 amide bonds. The third-order valence-corrected chi connectivity index (χ3v) is 1.32. The van der Waals surface area contributed by atoms with Crippen LogP contribution in [0.4, 0.5) is 0 Å². The maximum Gasteiger partial charge on any atom is 0.316 e. The number of aliphatic hydroxyl groups excluding tert-OH is 1. The SMILES string of the molecule is O=[N+]([O-])C(CO)CO[PH](=O)O. The van der Waals surface area contributed by atoms with Crippen LogP contribution in [-0.4, -0.2) is 34.2 Å². The molecule has 0 radical (unpaired) electrons. The monoisotopic (exact) mass is 185 g/mol. The van der Waals surface area contributed by atoms with Crippen molar-refractivity contribution < 1.29 is 24.0 Å². The fraction of sp³-hybridized carbons (Fsp3) is 1.00. The van der Waals surface area contributed by atoms with E-state index in [1.165, 1.54) is 0 Å². The maximum atomic E-state index is 9.94. The van der Waals surface area contributed by atoms with Crippen LogP contribution in [0.1, 0.15) is 0 Å². The first-order valence-corrected chi connectivity index (χ1v) is 3.94. The molecule has 2 N–H and O–H groups in total. The number of nitrogens with zero attached hydrogens (tertiary/aromatic N) is 1. The van der Waals surface area contributed by atoms with Crippen molar-refractivity contribution in [1.82, 2.24) is 0 Å². The summed E-state index contributed by atoms with van der Waals surface area (Å²) in [5, 5.41) is 18.3. The lowest BCUT2D eigenvalue weighted by atomic mass is 10.4. The highest BCUT2D eigenvalue weighted by molar-refractivity contribution is 7.32. The molecule has 0 fully saturated rings. The molecule has 66 valence electrons. The molecule has 0 rings (SSSR count). The standard InChI is InChI=1S/C3H8NO6P/c5-1-3(4(6)7)2-10-11(8)9/h3,5,11H,1-2H2,(H,8,9). The molecule has 0 aliphatic carbocycles. The highest BCUT2D eigenvalue weighted by Gasteiger charge is 2.19. The topological polar surface area (TPSA) is 110 Å². The van der Waals surface area contributed by atoms with E-state index in [4.69, 9.17) is 10.00 Å². The Morgan fingerprint density at radius 1 is 1.73 bits per heavy atom. The zero-order chi connectivity index (χ0) is 8.85. The van der Waals surface area contributed by atoms with Crippen molar-refractivity contribution in [2.24, 2.45) is 0 Å². The van der Waals surface area contributed by atoms with Gasteiger partial charge in [-0.3, -0.25) is 14.7 Å². The maximum absolute atomic E-state index is 9.94. The molecule has 0 saturated carbocycles. The molecule has 0 aliphatic rings. The van der Waals surface area contributed by atoms with E-state index in [9.17, 15) is 14.7 Å². The van der Waals surface area contributed by atoms with Gasteiger partial charge in [0.2, 0.25) is 0 Å². The fourth-order valence-electron chi connectivity index (χ4n) is 0.348. The first-order valence-electron chi connectivity index (χ1n) is 2.68. The zero-order valence-electron chi connectivity index (χ0n) is 5.47. The Balaban J connectivity index is 3.70. The Hall–Kier alpha value is -0.490. The van der Waals surface area contributed by atoms with Crippen LogP contribution >= 0.6 is 8.25 Å². The Kier molecular flexibility index (Phi) is 4.97. The summed E-state index contributed by atoms with van der Waals surface area (Å²) in [5.74, 6) is 0. The third-order valence-electron chi connectivity index (χ3n) is 0.908. The predicted octanol–water partition coefficient (Wildman–Crippen LogP) is -0.977. The molecule has 11 heavy (non-hydrogen) atoms. The van der Waals surface area contributed by atoms with Crippen LogP contribution in [0.5, 0.6) is 0 Å². The Morgan fingerprint density at radius 2 is 2.27 bits per heavy atom. The molecule has 0 aromatic carbocycles. The van der Waals surface area contributed by atoms with Crippen molar-refractivity contribution in [3.63, 3.8) is 0 Å². The number of rotatable bonds is 5. The summed E-state index contributed by atoms with van der Waals surface area (Å²) in [6, 6.07) is -1.32. The van der Waals surface area contributed by atoms with E-state index in [1.807, 2.05) is 0 Å². The van der Waals surface area contributed by atoms with Gasteiger partial charge < -0.3 is 14.5 Å². The van der Waals surface area contributed by atoms with Crippen LogP contribution in [0.3, 0.4) is 0 Å². The number of nitro groups is 1. The van der Waals surface area contributed by atoms with E-state index in [-0.39, 0.29) is 0 Å². The van der Waals surface area contributed by atoms with Crippen LogP contribution in [0.2, 0.25) is 0 Å². The lowest BCUT2D eigenvalue weighted by Crippen LogP contribution is -2.28. The van der Waals surface area contributed by atoms with Crippen LogP contribution in [-0.2, 0) is 9.09 Å². The minimum absolute atomic E-state index is 0.544. The van der Waals surface area contributed by atoms with Crippen LogP contribution in [0.25, 0.3) is 0 Å². The third kappa shape index (κ3) is 4.86. The highest BCUT2D eigenvalue weighted by Crippen LogP contribution is 2.14. The molecule has 0 bridgehead atoms. The lowest BCUT2D eigenvalue weighted by molar-refractivity contribution is -0.527. The molecular formula is C3H8NO6P. The van der Waals surface area contributed by atoms with E-state index < -0.39 is 32.4 Å². The van der Waals surface area contributed by atoms with Gasteiger partial charge >= 0.3 is 8.25 Å². The fourth-order valence-corrected chi connectivity index (χ4v) is 0.683. The number of aliphatic hydroxyl groups is 1. The number of hydrogen-bond donors (Lipinski definition) is 2. The first-order chi connectivity index (χ1) is 5.07. The second-order valence-electron chi connectivity index (χ2n) is 1.70. The van der Waals surface area contributed by atoms with Crippen LogP contribution in [0, 0.1) is 10.1 Å². The lowest BCUT2D eigenvalue weighted by Gasteiger charge is -2.03. The van der Waals surface area contributed by atoms with E-state index in [0.29, 0.717) is 0 Å². The molecule has 0 heterocycles. The highest BCUT2D eigenvalue weighted by atomic mass is 31.1. The van der Waals surface area contributed by atoms with Crippen LogP contribution < -0.4 is 0 Å². The molecule has 2 unspecified atom stereocenters. The van der Waals surface area contributed by atoms with E-state index >= 15 is 0 Å². The summed E-state index contributed by atoms with van der Waals surface area (Å²) >= 11 is 0. The summed E-state index contributed by atoms with van der Waals surface area (Å²) in [4.78, 5) is 17.3. The summed E-state index contributed by atoms with van der Waals surface area (Å²) in [5.41, 5.74) is 0. The van der Waals surface area contributed by atoms with Crippen molar-refractivity contribution >= 4 is 8.25 Å². The molecule has 2 atom stereocenters. The van der Waals surface area contributed by atoms with E-state index in [1.54, 1.807) is 0 Å². The predicted molar refractivity (Wildman–Crippen MR) is 35.0 cm³/mol. The van der Waals surface area contributed by atoms with Gasteiger partial charge in [-0.15, -0.1) is 0 Å². The molecule has 8 heteroatoms. The van der Waals surface area contributed by atoms with Gasteiger partial charge in [-0.05, 0) is 0 Å². The molecule has 7 nitrogen and oxygen atoms in total. The van der Waals surface area contributed by atoms with Crippen LogP contribution in [0.15, 0.2) is 0 Å². The van der Waals surface area contributed by atoms with E-state index in [2.05, 4.69) is 4.52 Å². The summed E-state index contributed by atoms with van der Waals surface area (Å²) in [7, 11) is -3.14. The Morgan fingerprint density at radius 3 is 2.55 bits per heavy atom. The average molecular weight is 185 g/mol. The minimum Gasteiger partial charge on any atom is -0.389 e. The molecule has 0 saturated heterocycles. The molecule has 0 aliphatic heterocycles. The molecular weight excluding hydrogens is 177 g/mol. The van der Waals surface area contributed by atoms with E-state index in [0.717, 1.165) is 0 Å². The minimum atomic E-state index is -3.14. The second-order valence-corrected chi connectivity index (χ2v) is 2.52. The number of hydrogen-bond acceptors (Lipinski definition) is 5. The zero-order valence-corrected chi connectivity index (χ0v) is 6.47. The Bertz CT molecular complexity index is 160. The summed E-state index contributed by atoms with van der Waals surface area (Å²) in [6.45, 7) is -1.25. The molecule has 0 spiro atoms. The van der Waals surface area contributed by atoms with Crippen molar-refractivity contribution in [1.29, 1.82) is 0 Å². The van der Waals surface area contributed by atoms with Gasteiger partial charge in [0.25, 0.3) is 6.04 Å². The van der Waals surface area contributed by atoms with Crippen molar-refractivity contribution in [3.05, 3.63) is 10.1 Å². The van der Waals surface area contributed by atoms with Gasteiger partial charge in [0.1, 0.15) is 13.2 Å². The largest absolute Gasteiger partial charge is 0.389 e. The van der Waals surface area contributed by atoms with Gasteiger partial charge in [0.05, 0.1) is 0 Å². The summed E-state index contributed by atoms with van der Waals surface area (Å²) < 4.78 is 14.0. The van der Waals surface area contributed by atoms with Crippen molar-refractivity contribution in [2.45, 2.75) is 6.04 Å². The van der Waals surface area contributed by atoms with Gasteiger partial charge in [-0.2, -0.15) is 0 Å². The smallest absolute Gasteiger partial charge is 0.316 e. The van der Waals surface area contributed by atoms with Crippen molar-refractivity contribution in [2.75, 3.05) is 13.2 Å². The van der Waals surface area contributed by atoms with Gasteiger partial charge in [0.15, 0.2) is 0 Å². The average Bonchev–Trinajstić information content (AvgIpc) is 1.87. The normalized spacial score (nSPS) is 15.8. The van der Waals surface area contributed by atoms with Crippen molar-refractivity contribution in [3.8, 4) is 0 Å².